The molecule has 0 unspecified atom stereocenters. The van der Waals surface area contributed by atoms with E-state index >= 15 is 0 Å². The van der Waals surface area contributed by atoms with Gasteiger partial charge in [0.15, 0.2) is 0 Å². The van der Waals surface area contributed by atoms with Crippen molar-refractivity contribution in [2.24, 2.45) is 0 Å². The number of pyridine rings is 1. The molecule has 0 aliphatic heterocycles. The fourth-order valence-corrected chi connectivity index (χ4v) is 1.91. The average molecular weight is 207 g/mol. The van der Waals surface area contributed by atoms with Gasteiger partial charge in [0.25, 0.3) is 5.56 Å². The van der Waals surface area contributed by atoms with E-state index < -0.39 is 5.97 Å². The van der Waals surface area contributed by atoms with Crippen LogP contribution in [-0.2, 0) is 0 Å². The normalized spacial score (nSPS) is 16.1. The Morgan fingerprint density at radius 2 is 2.13 bits per heavy atom. The first-order valence-electron chi connectivity index (χ1n) is 5.06. The third-order valence-electron chi connectivity index (χ3n) is 2.99. The molecule has 0 saturated heterocycles. The van der Waals surface area contributed by atoms with Gasteiger partial charge >= 0.3 is 5.97 Å². The molecule has 1 heterocycles. The van der Waals surface area contributed by atoms with E-state index in [0.717, 1.165) is 25.0 Å². The number of aromatic carboxylic acids is 1. The van der Waals surface area contributed by atoms with Gasteiger partial charge in [-0.3, -0.25) is 4.79 Å². The van der Waals surface area contributed by atoms with Crippen molar-refractivity contribution >= 4 is 5.97 Å². The predicted molar refractivity (Wildman–Crippen MR) is 55.3 cm³/mol. The Bertz CT molecular complexity index is 457. The molecule has 1 aliphatic carbocycles. The van der Waals surface area contributed by atoms with Gasteiger partial charge in [-0.25, -0.2) is 4.79 Å². The zero-order chi connectivity index (χ0) is 11.0. The van der Waals surface area contributed by atoms with Crippen LogP contribution in [0.2, 0.25) is 0 Å². The molecule has 15 heavy (non-hydrogen) atoms. The molecule has 1 aliphatic rings. The van der Waals surface area contributed by atoms with E-state index in [1.807, 2.05) is 6.92 Å². The number of carbonyl (C=O) groups is 1. The quantitative estimate of drug-likeness (QED) is 0.800. The van der Waals surface area contributed by atoms with E-state index in [4.69, 9.17) is 5.11 Å². The maximum absolute atomic E-state index is 11.8. The van der Waals surface area contributed by atoms with Crippen molar-refractivity contribution in [3.63, 3.8) is 0 Å². The van der Waals surface area contributed by atoms with E-state index in [1.165, 1.54) is 6.07 Å². The SMILES string of the molecule is Cc1ccc(C(=O)O)c(=O)n1C1CCC1. The maximum Gasteiger partial charge on any atom is 0.341 e. The summed E-state index contributed by atoms with van der Waals surface area (Å²) in [7, 11) is 0. The molecule has 1 fully saturated rings. The molecule has 80 valence electrons. The lowest BCUT2D eigenvalue weighted by Gasteiger charge is -2.29. The summed E-state index contributed by atoms with van der Waals surface area (Å²) in [5.74, 6) is -1.15. The number of hydrogen-bond acceptors (Lipinski definition) is 2. The van der Waals surface area contributed by atoms with Crippen LogP contribution in [0.1, 0.15) is 41.4 Å². The minimum absolute atomic E-state index is 0.132. The standard InChI is InChI=1S/C11H13NO3/c1-7-5-6-9(11(14)15)10(13)12(7)8-3-2-4-8/h5-6,8H,2-4H2,1H3,(H,14,15). The Kier molecular flexibility index (Phi) is 2.34. The highest BCUT2D eigenvalue weighted by Gasteiger charge is 2.23. The zero-order valence-electron chi connectivity index (χ0n) is 8.56. The summed E-state index contributed by atoms with van der Waals surface area (Å²) in [5.41, 5.74) is 0.342. The molecule has 2 rings (SSSR count). The van der Waals surface area contributed by atoms with Gasteiger partial charge in [-0.1, -0.05) is 0 Å². The highest BCUT2D eigenvalue weighted by Crippen LogP contribution is 2.31. The molecule has 0 atom stereocenters. The molecule has 0 radical (unpaired) electrons. The minimum atomic E-state index is -1.15. The summed E-state index contributed by atoms with van der Waals surface area (Å²) >= 11 is 0. The lowest BCUT2D eigenvalue weighted by Crippen LogP contribution is -2.33. The third-order valence-corrected chi connectivity index (χ3v) is 2.99. The molecule has 0 bridgehead atoms. The van der Waals surface area contributed by atoms with E-state index in [1.54, 1.807) is 10.6 Å². The van der Waals surface area contributed by atoms with Crippen molar-refractivity contribution < 1.29 is 9.90 Å². The topological polar surface area (TPSA) is 59.3 Å². The zero-order valence-corrected chi connectivity index (χ0v) is 8.56. The smallest absolute Gasteiger partial charge is 0.341 e. The van der Waals surface area contributed by atoms with E-state index in [-0.39, 0.29) is 17.2 Å². The van der Waals surface area contributed by atoms with Crippen LogP contribution in [0, 0.1) is 6.92 Å². The van der Waals surface area contributed by atoms with Crippen molar-refractivity contribution in [1.82, 2.24) is 4.57 Å². The Labute approximate surface area is 87.2 Å². The number of aryl methyl sites for hydroxylation is 1. The van der Waals surface area contributed by atoms with Gasteiger partial charge in [0.2, 0.25) is 0 Å². The van der Waals surface area contributed by atoms with Gasteiger partial charge in [0.05, 0.1) is 0 Å². The van der Waals surface area contributed by atoms with Gasteiger partial charge in [-0.05, 0) is 38.3 Å². The summed E-state index contributed by atoms with van der Waals surface area (Å²) in [6.45, 7) is 1.84. The van der Waals surface area contributed by atoms with Crippen molar-refractivity contribution in [2.45, 2.75) is 32.2 Å². The van der Waals surface area contributed by atoms with Gasteiger partial charge in [-0.15, -0.1) is 0 Å². The Balaban J connectivity index is 2.56. The first-order chi connectivity index (χ1) is 7.11. The molecular weight excluding hydrogens is 194 g/mol. The van der Waals surface area contributed by atoms with Crippen LogP contribution in [0.5, 0.6) is 0 Å². The molecule has 0 spiro atoms. The summed E-state index contributed by atoms with van der Waals surface area (Å²) in [5, 5.41) is 8.84. The van der Waals surface area contributed by atoms with Gasteiger partial charge in [-0.2, -0.15) is 0 Å². The van der Waals surface area contributed by atoms with Crippen LogP contribution in [0.25, 0.3) is 0 Å². The Morgan fingerprint density at radius 1 is 1.47 bits per heavy atom. The molecule has 1 saturated carbocycles. The molecule has 4 nitrogen and oxygen atoms in total. The van der Waals surface area contributed by atoms with Gasteiger partial charge in [0.1, 0.15) is 5.56 Å². The molecule has 0 aromatic carbocycles. The second-order valence-corrected chi connectivity index (χ2v) is 3.95. The van der Waals surface area contributed by atoms with Crippen LogP contribution < -0.4 is 5.56 Å². The molecule has 1 aromatic heterocycles. The third kappa shape index (κ3) is 1.56. The van der Waals surface area contributed by atoms with Crippen LogP contribution >= 0.6 is 0 Å². The van der Waals surface area contributed by atoms with Crippen LogP contribution in [-0.4, -0.2) is 15.6 Å². The molecule has 1 N–H and O–H groups in total. The maximum atomic E-state index is 11.8. The van der Waals surface area contributed by atoms with Crippen molar-refractivity contribution in [3.8, 4) is 0 Å². The Morgan fingerprint density at radius 3 is 2.60 bits per heavy atom. The lowest BCUT2D eigenvalue weighted by atomic mass is 9.92. The average Bonchev–Trinajstić information content (AvgIpc) is 2.08. The molecule has 1 aromatic rings. The summed E-state index contributed by atoms with van der Waals surface area (Å²) in [6.07, 6.45) is 3.07. The highest BCUT2D eigenvalue weighted by molar-refractivity contribution is 5.87. The summed E-state index contributed by atoms with van der Waals surface area (Å²) in [6, 6.07) is 3.29. The number of carboxylic acid groups (broad SMARTS) is 1. The molecule has 4 heteroatoms. The first-order valence-corrected chi connectivity index (χ1v) is 5.06. The number of nitrogens with zero attached hydrogens (tertiary/aromatic N) is 1. The van der Waals surface area contributed by atoms with E-state index in [0.29, 0.717) is 0 Å². The fourth-order valence-electron chi connectivity index (χ4n) is 1.91. The minimum Gasteiger partial charge on any atom is -0.477 e. The Hall–Kier alpha value is -1.58. The number of aromatic nitrogens is 1. The first kappa shape index (κ1) is 9.96. The van der Waals surface area contributed by atoms with Crippen LogP contribution in [0.4, 0.5) is 0 Å². The second-order valence-electron chi connectivity index (χ2n) is 3.95. The fraction of sp³-hybridized carbons (Fsp3) is 0.455. The number of rotatable bonds is 2. The van der Waals surface area contributed by atoms with E-state index in [9.17, 15) is 9.59 Å². The van der Waals surface area contributed by atoms with Crippen molar-refractivity contribution in [1.29, 1.82) is 0 Å². The van der Waals surface area contributed by atoms with Crippen LogP contribution in [0.3, 0.4) is 0 Å². The summed E-state index contributed by atoms with van der Waals surface area (Å²) in [4.78, 5) is 22.6. The van der Waals surface area contributed by atoms with Gasteiger partial charge < -0.3 is 9.67 Å². The highest BCUT2D eigenvalue weighted by atomic mass is 16.4. The lowest BCUT2D eigenvalue weighted by molar-refractivity contribution is 0.0693. The largest absolute Gasteiger partial charge is 0.477 e. The molecular formula is C11H13NO3. The van der Waals surface area contributed by atoms with Gasteiger partial charge in [0, 0.05) is 11.7 Å². The predicted octanol–water partition coefficient (Wildman–Crippen LogP) is 1.58. The second kappa shape index (κ2) is 3.53. The molecule has 0 amide bonds. The summed E-state index contributed by atoms with van der Waals surface area (Å²) < 4.78 is 1.62. The van der Waals surface area contributed by atoms with Crippen molar-refractivity contribution in [3.05, 3.63) is 33.7 Å². The van der Waals surface area contributed by atoms with Crippen LogP contribution in [0.15, 0.2) is 16.9 Å². The number of hydrogen-bond donors (Lipinski definition) is 1. The van der Waals surface area contributed by atoms with Crippen molar-refractivity contribution in [2.75, 3.05) is 0 Å². The van der Waals surface area contributed by atoms with E-state index in [2.05, 4.69) is 0 Å². The number of carboxylic acids is 1. The monoisotopic (exact) mass is 207 g/mol.